The fourth-order valence-electron chi connectivity index (χ4n) is 4.51. The molecule has 5 rings (SSSR count). The normalized spacial score (nSPS) is 22.2. The molecule has 4 N–H and O–H groups in total. The molecule has 0 amide bonds. The van der Waals surface area contributed by atoms with Gasteiger partial charge < -0.3 is 16.4 Å². The molecule has 7 heteroatoms. The van der Waals surface area contributed by atoms with Crippen molar-refractivity contribution in [3.8, 4) is 11.1 Å². The molecule has 0 spiro atoms. The summed E-state index contributed by atoms with van der Waals surface area (Å²) >= 11 is 0. The van der Waals surface area contributed by atoms with E-state index in [0.717, 1.165) is 71.7 Å². The van der Waals surface area contributed by atoms with Crippen molar-refractivity contribution in [3.63, 3.8) is 0 Å². The standard InChI is InChI=1S/C24H29N7/c1-24(9-5-18(25)6-10-24)22-20(16-3-4-21-17(13-16)15-30(2)29-21)14-27-23(28-22)31-11-7-19(26)8-12-31/h3-6,9,13-15,19H,7-8,10-12,25-26H2,1-2H3. The van der Waals surface area contributed by atoms with Gasteiger partial charge in [0.15, 0.2) is 0 Å². The highest BCUT2D eigenvalue weighted by Crippen LogP contribution is 2.39. The molecule has 31 heavy (non-hydrogen) atoms. The number of hydrogen-bond acceptors (Lipinski definition) is 6. The molecule has 3 aromatic rings. The predicted molar refractivity (Wildman–Crippen MR) is 125 cm³/mol. The van der Waals surface area contributed by atoms with Crippen LogP contribution in [-0.4, -0.2) is 38.9 Å². The predicted octanol–water partition coefficient (Wildman–Crippen LogP) is 3.02. The Bertz CT molecular complexity index is 1180. The lowest BCUT2D eigenvalue weighted by molar-refractivity contribution is 0.493. The van der Waals surface area contributed by atoms with Gasteiger partial charge in [0, 0.05) is 60.6 Å². The van der Waals surface area contributed by atoms with Gasteiger partial charge >= 0.3 is 0 Å². The van der Waals surface area contributed by atoms with E-state index in [0.29, 0.717) is 0 Å². The number of fused-ring (bicyclic) bond motifs is 1. The lowest BCUT2D eigenvalue weighted by Gasteiger charge is -2.33. The molecular weight excluding hydrogens is 386 g/mol. The van der Waals surface area contributed by atoms with Crippen molar-refractivity contribution in [3.05, 3.63) is 60.2 Å². The van der Waals surface area contributed by atoms with Crippen molar-refractivity contribution in [1.82, 2.24) is 19.7 Å². The van der Waals surface area contributed by atoms with Crippen LogP contribution in [0.3, 0.4) is 0 Å². The van der Waals surface area contributed by atoms with Crippen LogP contribution in [0.1, 0.15) is 31.9 Å². The van der Waals surface area contributed by atoms with Crippen molar-refractivity contribution in [2.75, 3.05) is 18.0 Å². The minimum atomic E-state index is -0.258. The Morgan fingerprint density at radius 1 is 1.19 bits per heavy atom. The Hall–Kier alpha value is -3.19. The minimum absolute atomic E-state index is 0.258. The highest BCUT2D eigenvalue weighted by Gasteiger charge is 2.31. The zero-order valence-electron chi connectivity index (χ0n) is 18.1. The van der Waals surface area contributed by atoms with Crippen LogP contribution < -0.4 is 16.4 Å². The summed E-state index contributed by atoms with van der Waals surface area (Å²) in [4.78, 5) is 12.2. The van der Waals surface area contributed by atoms with Crippen LogP contribution >= 0.6 is 0 Å². The van der Waals surface area contributed by atoms with E-state index in [1.807, 2.05) is 30.2 Å². The van der Waals surface area contributed by atoms with Gasteiger partial charge in [0.25, 0.3) is 0 Å². The van der Waals surface area contributed by atoms with E-state index in [2.05, 4.69) is 47.3 Å². The second-order valence-electron chi connectivity index (χ2n) is 8.99. The molecule has 1 unspecified atom stereocenters. The maximum absolute atomic E-state index is 6.10. The molecule has 0 bridgehead atoms. The number of allylic oxidation sites excluding steroid dienone is 3. The van der Waals surface area contributed by atoms with E-state index in [1.165, 1.54) is 0 Å². The molecule has 1 saturated heterocycles. The van der Waals surface area contributed by atoms with Crippen LogP contribution in [-0.2, 0) is 12.5 Å². The van der Waals surface area contributed by atoms with Crippen molar-refractivity contribution in [2.45, 2.75) is 37.6 Å². The smallest absolute Gasteiger partial charge is 0.225 e. The van der Waals surface area contributed by atoms with Gasteiger partial charge in [-0.2, -0.15) is 5.10 Å². The molecule has 7 nitrogen and oxygen atoms in total. The average Bonchev–Trinajstić information content (AvgIpc) is 3.15. The molecule has 1 atom stereocenters. The first-order valence-electron chi connectivity index (χ1n) is 10.9. The van der Waals surface area contributed by atoms with Gasteiger partial charge in [0.2, 0.25) is 5.95 Å². The van der Waals surface area contributed by atoms with Crippen LogP contribution in [0, 0.1) is 0 Å². The third kappa shape index (κ3) is 3.70. The minimum Gasteiger partial charge on any atom is -0.399 e. The third-order valence-corrected chi connectivity index (χ3v) is 6.47. The number of aryl methyl sites for hydroxylation is 1. The Kier molecular flexibility index (Phi) is 4.78. The van der Waals surface area contributed by atoms with E-state index in [-0.39, 0.29) is 11.5 Å². The zero-order chi connectivity index (χ0) is 21.6. The fraction of sp³-hybridized carbons (Fsp3) is 0.375. The molecule has 0 radical (unpaired) electrons. The third-order valence-electron chi connectivity index (χ3n) is 6.47. The van der Waals surface area contributed by atoms with Crippen molar-refractivity contribution in [2.24, 2.45) is 18.5 Å². The van der Waals surface area contributed by atoms with Gasteiger partial charge in [-0.15, -0.1) is 0 Å². The van der Waals surface area contributed by atoms with Gasteiger partial charge in [0.05, 0.1) is 11.2 Å². The molecule has 160 valence electrons. The summed E-state index contributed by atoms with van der Waals surface area (Å²) in [5, 5.41) is 5.60. The van der Waals surface area contributed by atoms with E-state index < -0.39 is 0 Å². The average molecular weight is 416 g/mol. The fourth-order valence-corrected chi connectivity index (χ4v) is 4.51. The van der Waals surface area contributed by atoms with Gasteiger partial charge in [-0.1, -0.05) is 25.1 Å². The van der Waals surface area contributed by atoms with Gasteiger partial charge in [-0.25, -0.2) is 9.97 Å². The second kappa shape index (κ2) is 7.50. The van der Waals surface area contributed by atoms with Gasteiger partial charge in [-0.05, 0) is 43.0 Å². The summed E-state index contributed by atoms with van der Waals surface area (Å²) in [6.07, 6.45) is 13.0. The largest absolute Gasteiger partial charge is 0.399 e. The van der Waals surface area contributed by atoms with Crippen molar-refractivity contribution >= 4 is 16.9 Å². The van der Waals surface area contributed by atoms with Crippen LogP contribution in [0.5, 0.6) is 0 Å². The van der Waals surface area contributed by atoms with Crippen LogP contribution in [0.15, 0.2) is 54.5 Å². The summed E-state index contributed by atoms with van der Waals surface area (Å²) in [6, 6.07) is 6.61. The topological polar surface area (TPSA) is 98.9 Å². The lowest BCUT2D eigenvalue weighted by atomic mass is 9.77. The van der Waals surface area contributed by atoms with Crippen LogP contribution in [0.4, 0.5) is 5.95 Å². The summed E-state index contributed by atoms with van der Waals surface area (Å²) in [6.45, 7) is 4.00. The SMILES string of the molecule is Cn1cc2cc(-c3cnc(N4CCC(N)CC4)nc3C3(C)C=CC(N)=CC3)ccc2n1. The van der Waals surface area contributed by atoms with E-state index in [9.17, 15) is 0 Å². The number of aromatic nitrogens is 4. The number of nitrogens with two attached hydrogens (primary N) is 2. The molecule has 1 aliphatic heterocycles. The highest BCUT2D eigenvalue weighted by atomic mass is 15.3. The number of rotatable bonds is 3. The number of hydrogen-bond donors (Lipinski definition) is 2. The first kappa shape index (κ1) is 19.8. The number of benzene rings is 1. The molecular formula is C24H29N7. The second-order valence-corrected chi connectivity index (χ2v) is 8.99. The number of nitrogens with zero attached hydrogens (tertiary/aromatic N) is 5. The maximum atomic E-state index is 6.10. The van der Waals surface area contributed by atoms with E-state index in [4.69, 9.17) is 21.4 Å². The Balaban J connectivity index is 1.61. The van der Waals surface area contributed by atoms with Gasteiger partial charge in [0.1, 0.15) is 0 Å². The van der Waals surface area contributed by atoms with Crippen molar-refractivity contribution < 1.29 is 0 Å². The number of anilines is 1. The molecule has 0 saturated carbocycles. The van der Waals surface area contributed by atoms with Crippen molar-refractivity contribution in [1.29, 1.82) is 0 Å². The van der Waals surface area contributed by atoms with E-state index in [1.54, 1.807) is 0 Å². The summed E-state index contributed by atoms with van der Waals surface area (Å²) < 4.78 is 1.84. The highest BCUT2D eigenvalue weighted by molar-refractivity contribution is 5.85. The first-order chi connectivity index (χ1) is 14.9. The Morgan fingerprint density at radius 3 is 2.74 bits per heavy atom. The zero-order valence-corrected chi connectivity index (χ0v) is 18.1. The maximum Gasteiger partial charge on any atom is 0.225 e. The molecule has 1 aliphatic carbocycles. The molecule has 3 heterocycles. The summed E-state index contributed by atoms with van der Waals surface area (Å²) in [5.41, 5.74) is 16.8. The lowest BCUT2D eigenvalue weighted by Crippen LogP contribution is -2.40. The van der Waals surface area contributed by atoms with Crippen LogP contribution in [0.2, 0.25) is 0 Å². The molecule has 1 fully saturated rings. The summed E-state index contributed by atoms with van der Waals surface area (Å²) in [7, 11) is 1.94. The Morgan fingerprint density at radius 2 is 2.00 bits per heavy atom. The quantitative estimate of drug-likeness (QED) is 0.682. The molecule has 2 aliphatic rings. The van der Waals surface area contributed by atoms with Gasteiger partial charge in [-0.3, -0.25) is 4.68 Å². The first-order valence-corrected chi connectivity index (χ1v) is 10.9. The monoisotopic (exact) mass is 415 g/mol. The molecule has 1 aromatic carbocycles. The summed E-state index contributed by atoms with van der Waals surface area (Å²) in [5.74, 6) is 0.783. The van der Waals surface area contributed by atoms with E-state index >= 15 is 0 Å². The molecule has 2 aromatic heterocycles. The number of piperidine rings is 1. The Labute approximate surface area is 182 Å². The van der Waals surface area contributed by atoms with Crippen LogP contribution in [0.25, 0.3) is 22.0 Å².